The number of aliphatic hydroxyl groups excluding tert-OH is 1. The molecule has 0 amide bonds. The lowest BCUT2D eigenvalue weighted by Gasteiger charge is -1.99. The molecule has 0 unspecified atom stereocenters. The van der Waals surface area contributed by atoms with E-state index in [9.17, 15) is 0 Å². The van der Waals surface area contributed by atoms with Crippen molar-refractivity contribution in [2.75, 3.05) is 13.2 Å². The second-order valence-corrected chi connectivity index (χ2v) is 2.94. The summed E-state index contributed by atoms with van der Waals surface area (Å²) in [5.74, 6) is 0.455. The molecular formula is C8H16O2. The Bertz CT molecular complexity index is 93.3. The lowest BCUT2D eigenvalue weighted by atomic mass is 10.4. The fourth-order valence-corrected chi connectivity index (χ4v) is 0.995. The molecule has 1 aliphatic carbocycles. The third-order valence-corrected chi connectivity index (χ3v) is 1.92. The van der Waals surface area contributed by atoms with Crippen molar-refractivity contribution in [2.24, 2.45) is 5.92 Å². The van der Waals surface area contributed by atoms with E-state index in [0.29, 0.717) is 18.6 Å². The Hall–Kier alpha value is -0.0800. The summed E-state index contributed by atoms with van der Waals surface area (Å²) in [7, 11) is 0. The second kappa shape index (κ2) is 3.94. The van der Waals surface area contributed by atoms with Crippen molar-refractivity contribution in [3.63, 3.8) is 0 Å². The molecule has 0 radical (unpaired) electrons. The average molecular weight is 144 g/mol. The van der Waals surface area contributed by atoms with E-state index in [1.54, 1.807) is 0 Å². The normalized spacial score (nSPS) is 30.6. The fraction of sp³-hybridized carbons (Fsp3) is 1.00. The highest BCUT2D eigenvalue weighted by atomic mass is 16.5. The van der Waals surface area contributed by atoms with Crippen molar-refractivity contribution >= 4 is 0 Å². The van der Waals surface area contributed by atoms with E-state index in [1.165, 1.54) is 6.42 Å². The molecule has 2 nitrogen and oxygen atoms in total. The van der Waals surface area contributed by atoms with Crippen LogP contribution in [0, 0.1) is 5.92 Å². The Morgan fingerprint density at radius 3 is 2.90 bits per heavy atom. The highest BCUT2D eigenvalue weighted by Gasteiger charge is 2.37. The van der Waals surface area contributed by atoms with Crippen LogP contribution in [0.15, 0.2) is 0 Å². The Balaban J connectivity index is 1.87. The van der Waals surface area contributed by atoms with Crippen molar-refractivity contribution in [1.82, 2.24) is 0 Å². The molecule has 0 aromatic rings. The van der Waals surface area contributed by atoms with Crippen molar-refractivity contribution in [2.45, 2.75) is 32.3 Å². The van der Waals surface area contributed by atoms with E-state index < -0.39 is 0 Å². The van der Waals surface area contributed by atoms with Crippen molar-refractivity contribution < 1.29 is 9.84 Å². The molecule has 10 heavy (non-hydrogen) atoms. The zero-order valence-electron chi connectivity index (χ0n) is 6.55. The van der Waals surface area contributed by atoms with Crippen LogP contribution in [0.1, 0.15) is 26.2 Å². The Kier molecular flexibility index (Phi) is 3.16. The minimum absolute atomic E-state index is 0.302. The highest BCUT2D eigenvalue weighted by Crippen LogP contribution is 2.32. The summed E-state index contributed by atoms with van der Waals surface area (Å²) >= 11 is 0. The molecule has 2 atom stereocenters. The number of aliphatic hydroxyl groups is 1. The first kappa shape index (κ1) is 8.02. The van der Waals surface area contributed by atoms with Gasteiger partial charge >= 0.3 is 0 Å². The zero-order valence-corrected chi connectivity index (χ0v) is 6.55. The molecule has 2 heteroatoms. The summed E-state index contributed by atoms with van der Waals surface area (Å²) in [5, 5.41) is 8.65. The second-order valence-electron chi connectivity index (χ2n) is 2.94. The van der Waals surface area contributed by atoms with Crippen LogP contribution in [0.3, 0.4) is 0 Å². The summed E-state index contributed by atoms with van der Waals surface area (Å²) in [6, 6.07) is 0. The van der Waals surface area contributed by atoms with Gasteiger partial charge in [-0.2, -0.15) is 0 Å². The first-order valence-corrected chi connectivity index (χ1v) is 4.11. The summed E-state index contributed by atoms with van der Waals surface area (Å²) in [4.78, 5) is 0. The van der Waals surface area contributed by atoms with E-state index in [1.807, 2.05) is 0 Å². The monoisotopic (exact) mass is 144 g/mol. The van der Waals surface area contributed by atoms with Gasteiger partial charge in [0.05, 0.1) is 6.10 Å². The molecule has 1 N–H and O–H groups in total. The number of rotatable bonds is 5. The predicted molar refractivity (Wildman–Crippen MR) is 39.8 cm³/mol. The maximum atomic E-state index is 8.65. The van der Waals surface area contributed by atoms with E-state index in [0.717, 1.165) is 19.4 Å². The Labute approximate surface area is 62.2 Å². The van der Waals surface area contributed by atoms with Gasteiger partial charge in [0.15, 0.2) is 0 Å². The van der Waals surface area contributed by atoms with E-state index in [2.05, 4.69) is 6.92 Å². The van der Waals surface area contributed by atoms with Crippen LogP contribution in [0.25, 0.3) is 0 Å². The molecule has 0 aromatic heterocycles. The van der Waals surface area contributed by atoms with Gasteiger partial charge in [-0.25, -0.2) is 0 Å². The summed E-state index contributed by atoms with van der Waals surface area (Å²) in [6.07, 6.45) is 3.79. The van der Waals surface area contributed by atoms with Crippen LogP contribution in [-0.2, 0) is 4.74 Å². The molecule has 0 heterocycles. The molecule has 0 bridgehead atoms. The van der Waals surface area contributed by atoms with Crippen LogP contribution < -0.4 is 0 Å². The third-order valence-electron chi connectivity index (χ3n) is 1.92. The van der Waals surface area contributed by atoms with E-state index in [4.69, 9.17) is 9.84 Å². The van der Waals surface area contributed by atoms with Gasteiger partial charge in [0.25, 0.3) is 0 Å². The quantitative estimate of drug-likeness (QED) is 0.587. The van der Waals surface area contributed by atoms with Gasteiger partial charge in [0.1, 0.15) is 0 Å². The topological polar surface area (TPSA) is 29.5 Å². The molecule has 0 aromatic carbocycles. The Morgan fingerprint density at radius 1 is 1.60 bits per heavy atom. The largest absolute Gasteiger partial charge is 0.396 e. The Morgan fingerprint density at radius 2 is 2.40 bits per heavy atom. The van der Waals surface area contributed by atoms with Crippen LogP contribution in [0.4, 0.5) is 0 Å². The van der Waals surface area contributed by atoms with Crippen molar-refractivity contribution in [1.29, 1.82) is 0 Å². The number of unbranched alkanes of at least 4 members (excludes halogenated alkanes) is 1. The minimum Gasteiger partial charge on any atom is -0.396 e. The first-order chi connectivity index (χ1) is 4.88. The van der Waals surface area contributed by atoms with Crippen LogP contribution in [0.2, 0.25) is 0 Å². The smallest absolute Gasteiger partial charge is 0.0630 e. The van der Waals surface area contributed by atoms with Gasteiger partial charge in [0.2, 0.25) is 0 Å². The summed E-state index contributed by atoms with van der Waals surface area (Å²) in [6.45, 7) is 3.33. The molecule has 60 valence electrons. The molecule has 1 aliphatic rings. The fourth-order valence-electron chi connectivity index (χ4n) is 0.995. The molecule has 0 saturated heterocycles. The van der Waals surface area contributed by atoms with Gasteiger partial charge in [-0.15, -0.1) is 0 Å². The maximum absolute atomic E-state index is 8.65. The third kappa shape index (κ3) is 2.27. The molecular weight excluding hydrogens is 128 g/mol. The maximum Gasteiger partial charge on any atom is 0.0630 e. The molecule has 1 fully saturated rings. The van der Waals surface area contributed by atoms with E-state index >= 15 is 0 Å². The van der Waals surface area contributed by atoms with Crippen LogP contribution in [0.5, 0.6) is 0 Å². The zero-order chi connectivity index (χ0) is 7.40. The van der Waals surface area contributed by atoms with Gasteiger partial charge in [-0.3, -0.25) is 0 Å². The van der Waals surface area contributed by atoms with Crippen molar-refractivity contribution in [3.8, 4) is 0 Å². The lowest BCUT2D eigenvalue weighted by molar-refractivity contribution is 0.0964. The average Bonchev–Trinajstić information content (AvgIpc) is 2.68. The van der Waals surface area contributed by atoms with Gasteiger partial charge < -0.3 is 9.84 Å². The summed E-state index contributed by atoms with van der Waals surface area (Å²) in [5.41, 5.74) is 0. The number of hydrogen-bond acceptors (Lipinski definition) is 2. The molecule has 0 aliphatic heterocycles. The predicted octanol–water partition coefficient (Wildman–Crippen LogP) is 1.18. The van der Waals surface area contributed by atoms with Gasteiger partial charge in [-0.1, -0.05) is 13.3 Å². The number of hydrogen-bond donors (Lipinski definition) is 1. The van der Waals surface area contributed by atoms with E-state index in [-0.39, 0.29) is 0 Å². The summed E-state index contributed by atoms with van der Waals surface area (Å²) < 4.78 is 5.44. The first-order valence-electron chi connectivity index (χ1n) is 4.11. The molecule has 1 rings (SSSR count). The van der Waals surface area contributed by atoms with Crippen LogP contribution in [-0.4, -0.2) is 24.4 Å². The molecule has 0 spiro atoms. The SMILES string of the molecule is CCCCO[C@H]1C[C@@H]1CO. The molecule has 1 saturated carbocycles. The van der Waals surface area contributed by atoms with Gasteiger partial charge in [0, 0.05) is 19.1 Å². The highest BCUT2D eigenvalue weighted by molar-refractivity contribution is 4.86. The van der Waals surface area contributed by atoms with Crippen molar-refractivity contribution in [3.05, 3.63) is 0 Å². The minimum atomic E-state index is 0.302. The number of ether oxygens (including phenoxy) is 1. The lowest BCUT2D eigenvalue weighted by Crippen LogP contribution is -2.00. The standard InChI is InChI=1S/C8H16O2/c1-2-3-4-10-8-5-7(8)6-9/h7-9H,2-6H2,1H3/t7-,8+/m1/s1. The van der Waals surface area contributed by atoms with Crippen LogP contribution >= 0.6 is 0 Å². The van der Waals surface area contributed by atoms with Gasteiger partial charge in [-0.05, 0) is 12.8 Å².